The van der Waals surface area contributed by atoms with E-state index in [-0.39, 0.29) is 11.6 Å². The summed E-state index contributed by atoms with van der Waals surface area (Å²) in [5.41, 5.74) is 0.777. The number of carbonyl (C=O) groups excluding carboxylic acids is 1. The van der Waals surface area contributed by atoms with Gasteiger partial charge in [0.15, 0.2) is 0 Å². The number of hydrogen-bond acceptors (Lipinski definition) is 2. The normalized spacial score (nSPS) is 55.6. The minimum atomic E-state index is -0.231. The third-order valence-corrected chi connectivity index (χ3v) is 6.73. The van der Waals surface area contributed by atoms with Crippen LogP contribution in [0.1, 0.15) is 46.5 Å². The molecule has 88 valence electrons. The number of carbonyl (C=O) groups is 1. The highest BCUT2D eigenvalue weighted by Gasteiger charge is 2.90. The van der Waals surface area contributed by atoms with Crippen molar-refractivity contribution in [3.05, 3.63) is 0 Å². The molecule has 2 atom stereocenters. The molecule has 0 bridgehead atoms. The van der Waals surface area contributed by atoms with Crippen LogP contribution in [-0.4, -0.2) is 11.6 Å². The third kappa shape index (κ3) is 0.613. The van der Waals surface area contributed by atoms with E-state index in [1.54, 1.807) is 6.92 Å². The van der Waals surface area contributed by atoms with Crippen LogP contribution >= 0.6 is 0 Å². The van der Waals surface area contributed by atoms with Gasteiger partial charge in [0.1, 0.15) is 5.60 Å². The summed E-state index contributed by atoms with van der Waals surface area (Å²) in [6.07, 6.45) is 5.57. The Morgan fingerprint density at radius 1 is 1.19 bits per heavy atom. The SMILES string of the molecule is CC(=O)OC(C)(C)C12CC3CC4CC(C1)C432. The fourth-order valence-corrected chi connectivity index (χ4v) is 6.40. The quantitative estimate of drug-likeness (QED) is 0.669. The average molecular weight is 220 g/mol. The standard InChI is InChI=1S/C14H20O2/c1-8(15)16-12(2,3)13-6-10-4-9-5-11(7-13)14(9,10)13/h9-11H,4-7H2,1-3H3. The number of esters is 1. The average Bonchev–Trinajstić information content (AvgIpc) is 1.93. The molecule has 4 aliphatic rings. The van der Waals surface area contributed by atoms with Gasteiger partial charge < -0.3 is 4.74 Å². The van der Waals surface area contributed by atoms with Crippen molar-refractivity contribution in [1.29, 1.82) is 0 Å². The molecule has 2 nitrogen and oxygen atoms in total. The van der Waals surface area contributed by atoms with Gasteiger partial charge in [0.05, 0.1) is 0 Å². The minimum Gasteiger partial charge on any atom is -0.459 e. The van der Waals surface area contributed by atoms with Gasteiger partial charge in [-0.3, -0.25) is 4.79 Å². The van der Waals surface area contributed by atoms with Gasteiger partial charge in [0.25, 0.3) is 0 Å². The topological polar surface area (TPSA) is 26.3 Å². The smallest absolute Gasteiger partial charge is 0.303 e. The highest BCUT2D eigenvalue weighted by Crippen LogP contribution is 2.94. The first-order chi connectivity index (χ1) is 7.44. The second-order valence-electron chi connectivity index (χ2n) is 7.09. The number of ether oxygens (including phenoxy) is 1. The molecule has 0 saturated heterocycles. The Morgan fingerprint density at radius 3 is 2.12 bits per heavy atom. The van der Waals surface area contributed by atoms with Gasteiger partial charge in [-0.15, -0.1) is 0 Å². The van der Waals surface area contributed by atoms with E-state index in [9.17, 15) is 4.79 Å². The van der Waals surface area contributed by atoms with Gasteiger partial charge in [0, 0.05) is 12.3 Å². The maximum Gasteiger partial charge on any atom is 0.303 e. The Labute approximate surface area is 96.7 Å². The van der Waals surface area contributed by atoms with Crippen LogP contribution in [0.25, 0.3) is 0 Å². The Kier molecular flexibility index (Phi) is 1.31. The Morgan fingerprint density at radius 2 is 1.75 bits per heavy atom. The van der Waals surface area contributed by atoms with Gasteiger partial charge in [-0.1, -0.05) is 0 Å². The molecule has 0 N–H and O–H groups in total. The molecule has 0 radical (unpaired) electrons. The summed E-state index contributed by atoms with van der Waals surface area (Å²) in [4.78, 5) is 11.3. The first-order valence-electron chi connectivity index (χ1n) is 6.63. The maximum absolute atomic E-state index is 11.3. The van der Waals surface area contributed by atoms with Crippen LogP contribution in [0.15, 0.2) is 0 Å². The molecule has 2 unspecified atom stereocenters. The Bertz CT molecular complexity index is 370. The third-order valence-electron chi connectivity index (χ3n) is 6.73. The van der Waals surface area contributed by atoms with Crippen LogP contribution in [0.4, 0.5) is 0 Å². The molecule has 0 aromatic heterocycles. The zero-order chi connectivity index (χ0) is 11.3. The second-order valence-corrected chi connectivity index (χ2v) is 7.09. The van der Waals surface area contributed by atoms with Crippen molar-refractivity contribution in [3.63, 3.8) is 0 Å². The Balaban J connectivity index is 1.67. The predicted octanol–water partition coefficient (Wildman–Crippen LogP) is 2.76. The van der Waals surface area contributed by atoms with Crippen LogP contribution in [-0.2, 0) is 9.53 Å². The van der Waals surface area contributed by atoms with E-state index < -0.39 is 0 Å². The van der Waals surface area contributed by atoms with Crippen molar-refractivity contribution >= 4 is 5.97 Å². The van der Waals surface area contributed by atoms with Gasteiger partial charge in [-0.25, -0.2) is 0 Å². The Hall–Kier alpha value is -0.530. The number of hydrogen-bond donors (Lipinski definition) is 0. The lowest BCUT2D eigenvalue weighted by Gasteiger charge is -2.93. The first kappa shape index (κ1) is 9.49. The van der Waals surface area contributed by atoms with Crippen LogP contribution in [0, 0.1) is 28.6 Å². The van der Waals surface area contributed by atoms with Crippen molar-refractivity contribution in [1.82, 2.24) is 0 Å². The molecule has 1 spiro atoms. The van der Waals surface area contributed by atoms with Crippen molar-refractivity contribution in [2.45, 2.75) is 52.1 Å². The summed E-state index contributed by atoms with van der Waals surface area (Å²) in [7, 11) is 0. The van der Waals surface area contributed by atoms with E-state index in [0.717, 1.165) is 17.8 Å². The van der Waals surface area contributed by atoms with Gasteiger partial charge >= 0.3 is 5.97 Å². The van der Waals surface area contributed by atoms with Crippen LogP contribution in [0.5, 0.6) is 0 Å². The summed E-state index contributed by atoms with van der Waals surface area (Å²) in [6.45, 7) is 5.83. The summed E-state index contributed by atoms with van der Waals surface area (Å²) in [6, 6.07) is 0. The van der Waals surface area contributed by atoms with Crippen molar-refractivity contribution in [3.8, 4) is 0 Å². The van der Waals surface area contributed by atoms with Crippen molar-refractivity contribution in [2.75, 3.05) is 0 Å². The van der Waals surface area contributed by atoms with Crippen molar-refractivity contribution in [2.24, 2.45) is 28.6 Å². The fraction of sp³-hybridized carbons (Fsp3) is 0.929. The lowest BCUT2D eigenvalue weighted by Crippen LogP contribution is -2.89. The van der Waals surface area contributed by atoms with E-state index >= 15 is 0 Å². The molecular weight excluding hydrogens is 200 g/mol. The highest BCUT2D eigenvalue weighted by atomic mass is 16.6. The molecule has 4 aliphatic carbocycles. The molecular formula is C14H20O2. The maximum atomic E-state index is 11.3. The predicted molar refractivity (Wildman–Crippen MR) is 59.6 cm³/mol. The van der Waals surface area contributed by atoms with Crippen LogP contribution in [0.2, 0.25) is 0 Å². The van der Waals surface area contributed by atoms with E-state index in [4.69, 9.17) is 4.74 Å². The summed E-state index contributed by atoms with van der Waals surface area (Å²) < 4.78 is 5.64. The minimum absolute atomic E-state index is 0.113. The fourth-order valence-electron chi connectivity index (χ4n) is 6.40. The van der Waals surface area contributed by atoms with Crippen LogP contribution < -0.4 is 0 Å². The van der Waals surface area contributed by atoms with E-state index in [0.29, 0.717) is 10.8 Å². The van der Waals surface area contributed by atoms with Gasteiger partial charge in [0.2, 0.25) is 0 Å². The molecule has 4 saturated carbocycles. The second kappa shape index (κ2) is 2.21. The molecule has 16 heavy (non-hydrogen) atoms. The molecule has 0 amide bonds. The molecule has 2 heteroatoms. The molecule has 4 fully saturated rings. The summed E-state index contributed by atoms with van der Waals surface area (Å²) in [5, 5.41) is 0. The summed E-state index contributed by atoms with van der Waals surface area (Å²) in [5.74, 6) is 2.84. The molecule has 0 aromatic carbocycles. The van der Waals surface area contributed by atoms with Crippen molar-refractivity contribution < 1.29 is 9.53 Å². The zero-order valence-electron chi connectivity index (χ0n) is 10.4. The first-order valence-corrected chi connectivity index (χ1v) is 6.63. The van der Waals surface area contributed by atoms with Crippen LogP contribution in [0.3, 0.4) is 0 Å². The van der Waals surface area contributed by atoms with Gasteiger partial charge in [-0.2, -0.15) is 0 Å². The number of rotatable bonds is 2. The summed E-state index contributed by atoms with van der Waals surface area (Å²) >= 11 is 0. The molecule has 4 rings (SSSR count). The zero-order valence-corrected chi connectivity index (χ0v) is 10.4. The molecule has 0 heterocycles. The lowest BCUT2D eigenvalue weighted by molar-refractivity contribution is -0.465. The lowest BCUT2D eigenvalue weighted by atomic mass is 9.11. The largest absolute Gasteiger partial charge is 0.459 e. The molecule has 0 aliphatic heterocycles. The highest BCUT2D eigenvalue weighted by molar-refractivity contribution is 5.67. The molecule has 0 aromatic rings. The van der Waals surface area contributed by atoms with E-state index in [2.05, 4.69) is 13.8 Å². The monoisotopic (exact) mass is 220 g/mol. The van der Waals surface area contributed by atoms with E-state index in [1.165, 1.54) is 25.7 Å². The van der Waals surface area contributed by atoms with Gasteiger partial charge in [-0.05, 0) is 62.7 Å². The van der Waals surface area contributed by atoms with E-state index in [1.807, 2.05) is 0 Å².